The van der Waals surface area contributed by atoms with Crippen LogP contribution in [0, 0.1) is 3.57 Å². The van der Waals surface area contributed by atoms with E-state index in [1.54, 1.807) is 12.4 Å². The Balaban J connectivity index is 2.16. The molecular formula is C12H12IN3. The number of benzene rings is 1. The first-order valence-electron chi connectivity index (χ1n) is 5.11. The van der Waals surface area contributed by atoms with E-state index in [1.807, 2.05) is 12.1 Å². The van der Waals surface area contributed by atoms with Crippen LogP contribution in [0.2, 0.25) is 0 Å². The maximum Gasteiger partial charge on any atom is 0.227 e. The standard InChI is InChI=1S/C12H12IN3/c1-2-9-4-3-5-11(6-9)16-12-14-7-10(13)8-15-12/h3-8H,2H2,1H3,(H,14,15,16). The number of anilines is 2. The fraction of sp³-hybridized carbons (Fsp3) is 0.167. The van der Waals surface area contributed by atoms with Crippen molar-refractivity contribution in [3.05, 3.63) is 45.8 Å². The van der Waals surface area contributed by atoms with Crippen LogP contribution in [0.15, 0.2) is 36.7 Å². The van der Waals surface area contributed by atoms with Crippen LogP contribution in [0.3, 0.4) is 0 Å². The Morgan fingerprint density at radius 3 is 2.69 bits per heavy atom. The van der Waals surface area contributed by atoms with Gasteiger partial charge in [-0.15, -0.1) is 0 Å². The summed E-state index contributed by atoms with van der Waals surface area (Å²) in [5, 5.41) is 3.18. The van der Waals surface area contributed by atoms with Gasteiger partial charge < -0.3 is 5.32 Å². The number of nitrogens with one attached hydrogen (secondary N) is 1. The van der Waals surface area contributed by atoms with E-state index in [-0.39, 0.29) is 0 Å². The first-order chi connectivity index (χ1) is 7.78. The predicted molar refractivity (Wildman–Crippen MR) is 73.9 cm³/mol. The fourth-order valence-electron chi connectivity index (χ4n) is 1.37. The zero-order valence-electron chi connectivity index (χ0n) is 8.94. The molecule has 3 nitrogen and oxygen atoms in total. The molecule has 0 saturated heterocycles. The zero-order chi connectivity index (χ0) is 11.4. The lowest BCUT2D eigenvalue weighted by Crippen LogP contribution is -1.97. The smallest absolute Gasteiger partial charge is 0.227 e. The summed E-state index contributed by atoms with van der Waals surface area (Å²) in [6.45, 7) is 2.14. The Bertz CT molecular complexity index is 468. The van der Waals surface area contributed by atoms with Gasteiger partial charge in [-0.05, 0) is 46.7 Å². The highest BCUT2D eigenvalue weighted by Gasteiger charge is 1.98. The Morgan fingerprint density at radius 2 is 2.00 bits per heavy atom. The molecule has 0 saturated carbocycles. The fourth-order valence-corrected chi connectivity index (χ4v) is 1.65. The lowest BCUT2D eigenvalue weighted by Gasteiger charge is -2.05. The highest BCUT2D eigenvalue weighted by atomic mass is 127. The van der Waals surface area contributed by atoms with Crippen molar-refractivity contribution in [3.8, 4) is 0 Å². The molecule has 2 rings (SSSR count). The first kappa shape index (κ1) is 11.3. The largest absolute Gasteiger partial charge is 0.324 e. The molecule has 0 atom stereocenters. The number of halogens is 1. The number of rotatable bonds is 3. The minimum atomic E-state index is 0.633. The van der Waals surface area contributed by atoms with Crippen LogP contribution >= 0.6 is 22.6 Å². The number of aromatic nitrogens is 2. The SMILES string of the molecule is CCc1cccc(Nc2ncc(I)cn2)c1. The molecule has 82 valence electrons. The summed E-state index contributed by atoms with van der Waals surface area (Å²) in [7, 11) is 0. The van der Waals surface area contributed by atoms with E-state index < -0.39 is 0 Å². The molecule has 0 aliphatic heterocycles. The van der Waals surface area contributed by atoms with Crippen LogP contribution in [-0.4, -0.2) is 9.97 Å². The van der Waals surface area contributed by atoms with Gasteiger partial charge in [-0.2, -0.15) is 0 Å². The minimum Gasteiger partial charge on any atom is -0.324 e. The maximum absolute atomic E-state index is 4.20. The molecule has 0 aliphatic rings. The normalized spacial score (nSPS) is 10.1. The van der Waals surface area contributed by atoms with Crippen LogP contribution in [0.1, 0.15) is 12.5 Å². The van der Waals surface area contributed by atoms with Crippen LogP contribution in [-0.2, 0) is 6.42 Å². The second kappa shape index (κ2) is 5.25. The molecule has 0 radical (unpaired) electrons. The maximum atomic E-state index is 4.20. The van der Waals surface area contributed by atoms with Crippen LogP contribution in [0.25, 0.3) is 0 Å². The second-order valence-corrected chi connectivity index (χ2v) is 4.65. The van der Waals surface area contributed by atoms with Gasteiger partial charge in [-0.1, -0.05) is 19.1 Å². The number of nitrogens with zero attached hydrogens (tertiary/aromatic N) is 2. The molecule has 0 spiro atoms. The molecule has 1 aromatic carbocycles. The van der Waals surface area contributed by atoms with Crippen molar-refractivity contribution in [1.29, 1.82) is 0 Å². The van der Waals surface area contributed by atoms with E-state index in [4.69, 9.17) is 0 Å². The Kier molecular flexibility index (Phi) is 3.71. The molecule has 0 unspecified atom stereocenters. The lowest BCUT2D eigenvalue weighted by atomic mass is 10.1. The average molecular weight is 325 g/mol. The topological polar surface area (TPSA) is 37.8 Å². The van der Waals surface area contributed by atoms with Crippen molar-refractivity contribution < 1.29 is 0 Å². The quantitative estimate of drug-likeness (QED) is 0.879. The summed E-state index contributed by atoms with van der Waals surface area (Å²) < 4.78 is 1.03. The number of hydrogen-bond donors (Lipinski definition) is 1. The predicted octanol–water partition coefficient (Wildman–Crippen LogP) is 3.39. The van der Waals surface area contributed by atoms with Gasteiger partial charge in [0.2, 0.25) is 5.95 Å². The van der Waals surface area contributed by atoms with Crippen molar-refractivity contribution >= 4 is 34.2 Å². The van der Waals surface area contributed by atoms with Crippen molar-refractivity contribution in [2.24, 2.45) is 0 Å². The molecule has 0 bridgehead atoms. The van der Waals surface area contributed by atoms with Gasteiger partial charge in [0, 0.05) is 21.7 Å². The molecule has 0 aliphatic carbocycles. The van der Waals surface area contributed by atoms with Crippen LogP contribution < -0.4 is 5.32 Å². The Morgan fingerprint density at radius 1 is 1.25 bits per heavy atom. The van der Waals surface area contributed by atoms with Crippen molar-refractivity contribution in [2.75, 3.05) is 5.32 Å². The van der Waals surface area contributed by atoms with Crippen LogP contribution in [0.5, 0.6) is 0 Å². The van der Waals surface area contributed by atoms with Gasteiger partial charge in [-0.25, -0.2) is 9.97 Å². The van der Waals surface area contributed by atoms with E-state index in [0.29, 0.717) is 5.95 Å². The van der Waals surface area contributed by atoms with E-state index in [1.165, 1.54) is 5.56 Å². The zero-order valence-corrected chi connectivity index (χ0v) is 11.1. The molecule has 4 heteroatoms. The molecule has 1 N–H and O–H groups in total. The van der Waals surface area contributed by atoms with E-state index in [9.17, 15) is 0 Å². The Labute approximate surface area is 108 Å². The van der Waals surface area contributed by atoms with Crippen molar-refractivity contribution in [3.63, 3.8) is 0 Å². The number of hydrogen-bond acceptors (Lipinski definition) is 3. The third-order valence-corrected chi connectivity index (χ3v) is 2.77. The lowest BCUT2D eigenvalue weighted by molar-refractivity contribution is 1.13. The summed E-state index contributed by atoms with van der Waals surface area (Å²) in [4.78, 5) is 8.40. The molecule has 1 heterocycles. The molecular weight excluding hydrogens is 313 g/mol. The third-order valence-electron chi connectivity index (χ3n) is 2.21. The summed E-state index contributed by atoms with van der Waals surface area (Å²) in [5.74, 6) is 0.633. The highest BCUT2D eigenvalue weighted by molar-refractivity contribution is 14.1. The van der Waals surface area contributed by atoms with Gasteiger partial charge in [0.15, 0.2) is 0 Å². The van der Waals surface area contributed by atoms with E-state index in [2.05, 4.69) is 56.9 Å². The van der Waals surface area contributed by atoms with E-state index >= 15 is 0 Å². The monoisotopic (exact) mass is 325 g/mol. The average Bonchev–Trinajstić information content (AvgIpc) is 2.32. The molecule has 0 amide bonds. The van der Waals surface area contributed by atoms with Crippen molar-refractivity contribution in [2.45, 2.75) is 13.3 Å². The Hall–Kier alpha value is -1.17. The van der Waals surface area contributed by atoms with Crippen molar-refractivity contribution in [1.82, 2.24) is 9.97 Å². The first-order valence-corrected chi connectivity index (χ1v) is 6.19. The molecule has 16 heavy (non-hydrogen) atoms. The third kappa shape index (κ3) is 2.91. The van der Waals surface area contributed by atoms with Gasteiger partial charge in [0.1, 0.15) is 0 Å². The number of aryl methyl sites for hydroxylation is 1. The summed E-state index contributed by atoms with van der Waals surface area (Å²) in [6, 6.07) is 8.27. The minimum absolute atomic E-state index is 0.633. The summed E-state index contributed by atoms with van der Waals surface area (Å²) in [6.07, 6.45) is 4.61. The van der Waals surface area contributed by atoms with Crippen LogP contribution in [0.4, 0.5) is 11.6 Å². The summed E-state index contributed by atoms with van der Waals surface area (Å²) >= 11 is 2.19. The summed E-state index contributed by atoms with van der Waals surface area (Å²) in [5.41, 5.74) is 2.33. The van der Waals surface area contributed by atoms with Gasteiger partial charge in [-0.3, -0.25) is 0 Å². The molecule has 0 fully saturated rings. The molecule has 2 aromatic rings. The second-order valence-electron chi connectivity index (χ2n) is 3.40. The highest BCUT2D eigenvalue weighted by Crippen LogP contribution is 2.15. The molecule has 1 aromatic heterocycles. The van der Waals surface area contributed by atoms with E-state index in [0.717, 1.165) is 15.7 Å². The van der Waals surface area contributed by atoms with Gasteiger partial charge in [0.05, 0.1) is 0 Å². The van der Waals surface area contributed by atoms with Gasteiger partial charge >= 0.3 is 0 Å². The van der Waals surface area contributed by atoms with Gasteiger partial charge in [0.25, 0.3) is 0 Å².